The van der Waals surface area contributed by atoms with Gasteiger partial charge in [-0.15, -0.1) is 0 Å². The van der Waals surface area contributed by atoms with E-state index in [1.807, 2.05) is 0 Å². The number of aryl methyl sites for hydroxylation is 2. The molecule has 16 aliphatic rings. The van der Waals surface area contributed by atoms with E-state index in [0.717, 1.165) is 91.6 Å². The molecule has 2 aromatic carbocycles. The minimum atomic E-state index is 0.198. The Labute approximate surface area is 457 Å². The first-order chi connectivity index (χ1) is 36.3. The summed E-state index contributed by atoms with van der Waals surface area (Å²) in [4.78, 5) is 0. The van der Waals surface area contributed by atoms with Gasteiger partial charge in [-0.3, -0.25) is 0 Å². The zero-order chi connectivity index (χ0) is 49.2. The summed E-state index contributed by atoms with van der Waals surface area (Å²) < 4.78 is 0. The summed E-state index contributed by atoms with van der Waals surface area (Å²) in [6, 6.07) is 18.8. The van der Waals surface area contributed by atoms with E-state index < -0.39 is 0 Å². The summed E-state index contributed by atoms with van der Waals surface area (Å²) >= 11 is 0. The van der Waals surface area contributed by atoms with Crippen LogP contribution in [0.15, 0.2) is 48.5 Å². The second-order valence-electron chi connectivity index (χ2n) is 31.4. The van der Waals surface area contributed by atoms with Crippen LogP contribution < -0.4 is 0 Å². The van der Waals surface area contributed by atoms with Crippen molar-refractivity contribution in [1.29, 1.82) is 0 Å². The molecule has 0 atom stereocenters. The van der Waals surface area contributed by atoms with Crippen molar-refractivity contribution < 1.29 is 0 Å². The highest BCUT2D eigenvalue weighted by Crippen LogP contribution is 2.81. The van der Waals surface area contributed by atoms with Gasteiger partial charge < -0.3 is 0 Å². The number of unbranched alkanes of at least 4 members (excludes halogenated alkanes) is 14. The minimum absolute atomic E-state index is 0.198. The normalized spacial score (nSPS) is 42.2. The number of hydrogen-bond acceptors (Lipinski definition) is 0. The molecule has 2 aromatic rings. The minimum Gasteiger partial charge on any atom is -0.0939 e. The van der Waals surface area contributed by atoms with Gasteiger partial charge in [-0.2, -0.15) is 0 Å². The maximum absolute atomic E-state index is 2.60. The fourth-order valence-electron chi connectivity index (χ4n) is 24.7. The molecule has 16 bridgehead atoms. The Hall–Kier alpha value is -0.700. The lowest BCUT2D eigenvalue weighted by Crippen LogP contribution is -2.56. The summed E-state index contributed by atoms with van der Waals surface area (Å²) in [6.45, 7) is 0. The van der Waals surface area contributed by atoms with Crippen LogP contribution in [0.1, 0.15) is 268 Å². The molecule has 74 heavy (non-hydrogen) atoms. The zero-order valence-corrected chi connectivity index (χ0v) is 49.3. The molecule has 18 rings (SSSR count). The molecule has 16 fully saturated rings. The number of hydrogen-bond donors (Lipinski definition) is 0. The van der Waals surface area contributed by atoms with Crippen LogP contribution >= 0.6 is 15.8 Å². The van der Waals surface area contributed by atoms with Crippen molar-refractivity contribution in [3.63, 3.8) is 0 Å². The van der Waals surface area contributed by atoms with Gasteiger partial charge in [-0.05, 0) is 319 Å². The Morgan fingerprint density at radius 2 is 0.541 bits per heavy atom. The van der Waals surface area contributed by atoms with Gasteiger partial charge in [0.25, 0.3) is 0 Å². The van der Waals surface area contributed by atoms with E-state index in [2.05, 4.69) is 48.5 Å². The van der Waals surface area contributed by atoms with Crippen LogP contribution in [-0.2, 0) is 12.8 Å². The molecule has 406 valence electrons. The highest BCUT2D eigenvalue weighted by molar-refractivity contribution is 7.61. The van der Waals surface area contributed by atoms with Crippen LogP contribution in [-0.4, -0.2) is 32.9 Å². The summed E-state index contributed by atoms with van der Waals surface area (Å²) in [6.07, 6.45) is 69.5. The fourth-order valence-corrected chi connectivity index (χ4v) is 35.5. The molecule has 0 nitrogen and oxygen atoms in total. The van der Waals surface area contributed by atoms with Crippen molar-refractivity contribution in [2.75, 3.05) is 12.3 Å². The Morgan fingerprint density at radius 3 is 0.851 bits per heavy atom. The molecule has 0 N–H and O–H groups in total. The summed E-state index contributed by atoms with van der Waals surface area (Å²) in [5.74, 6) is 13.6. The van der Waals surface area contributed by atoms with E-state index in [9.17, 15) is 0 Å². The van der Waals surface area contributed by atoms with Gasteiger partial charge in [0.05, 0.1) is 0 Å². The van der Waals surface area contributed by atoms with Crippen LogP contribution in [0.5, 0.6) is 0 Å². The highest BCUT2D eigenvalue weighted by atomic mass is 31.1. The predicted molar refractivity (Wildman–Crippen MR) is 320 cm³/mol. The van der Waals surface area contributed by atoms with E-state index in [1.54, 1.807) is 197 Å². The van der Waals surface area contributed by atoms with Gasteiger partial charge in [-0.25, -0.2) is 0 Å². The topological polar surface area (TPSA) is 0 Å². The van der Waals surface area contributed by atoms with Crippen molar-refractivity contribution >= 4 is 15.8 Å². The molecule has 2 heteroatoms. The molecular weight excluding hydrogens is 927 g/mol. The zero-order valence-electron chi connectivity index (χ0n) is 47.6. The van der Waals surface area contributed by atoms with E-state index in [1.165, 1.54) is 107 Å². The maximum atomic E-state index is 2.60. The van der Waals surface area contributed by atoms with Crippen LogP contribution in [0.25, 0.3) is 11.1 Å². The van der Waals surface area contributed by atoms with E-state index in [0.29, 0.717) is 0 Å². The molecule has 0 heterocycles. The smallest absolute Gasteiger partial charge is 0.00815 e. The van der Waals surface area contributed by atoms with Crippen LogP contribution in [0.2, 0.25) is 0 Å². The summed E-state index contributed by atoms with van der Waals surface area (Å²) in [5.41, 5.74) is 6.16. The van der Waals surface area contributed by atoms with Crippen LogP contribution in [0.4, 0.5) is 0 Å². The van der Waals surface area contributed by atoms with E-state index in [4.69, 9.17) is 0 Å². The maximum Gasteiger partial charge on any atom is -0.00815 e. The third-order valence-electron chi connectivity index (χ3n) is 25.8. The molecule has 0 spiro atoms. The van der Waals surface area contributed by atoms with Gasteiger partial charge in [0.15, 0.2) is 0 Å². The average molecular weight is 1040 g/mol. The molecule has 0 aromatic heterocycles. The Morgan fingerprint density at radius 1 is 0.270 bits per heavy atom. The first-order valence-corrected chi connectivity index (χ1v) is 37.1. The van der Waals surface area contributed by atoms with Crippen molar-refractivity contribution in [2.45, 2.75) is 290 Å². The molecule has 0 radical (unpaired) electrons. The largest absolute Gasteiger partial charge is 0.0939 e. The third kappa shape index (κ3) is 10.6. The lowest BCUT2D eigenvalue weighted by molar-refractivity contribution is 0.0183. The van der Waals surface area contributed by atoms with Gasteiger partial charge in [0, 0.05) is 0 Å². The van der Waals surface area contributed by atoms with Crippen LogP contribution in [0, 0.1) is 71.0 Å². The number of rotatable bonds is 27. The molecular formula is C72H108P2. The molecule has 16 aliphatic carbocycles. The third-order valence-corrected chi connectivity index (χ3v) is 34.1. The predicted octanol–water partition coefficient (Wildman–Crippen LogP) is 21.5. The Kier molecular flexibility index (Phi) is 15.3. The summed E-state index contributed by atoms with van der Waals surface area (Å²) in [5, 5.41) is 3.34. The monoisotopic (exact) mass is 1030 g/mol. The quantitative estimate of drug-likeness (QED) is 0.0618. The van der Waals surface area contributed by atoms with Crippen molar-refractivity contribution in [2.24, 2.45) is 71.0 Å². The van der Waals surface area contributed by atoms with Gasteiger partial charge in [0.1, 0.15) is 0 Å². The van der Waals surface area contributed by atoms with Crippen LogP contribution in [0.3, 0.4) is 0 Å². The van der Waals surface area contributed by atoms with Crippen molar-refractivity contribution in [1.82, 2.24) is 0 Å². The SMILES string of the molecule is c1ccc(-c2ccc(CCCCCCCCCCP(C34CC5CC(CC(C5)C3)C4)C34CC5CC(CC(C5)C3)C4)c(CCCCCCCCCCP(C34CC5CC(CC(C5)C3)C4)C34CC5CC(CC(C5)C3)C4)c2)cc1. The van der Waals surface area contributed by atoms with Gasteiger partial charge in [-0.1, -0.05) is 141 Å². The summed E-state index contributed by atoms with van der Waals surface area (Å²) in [7, 11) is 0.397. The average Bonchev–Trinajstić information content (AvgIpc) is 3.36. The fraction of sp³-hybridized carbons (Fsp3) is 0.833. The lowest BCUT2D eigenvalue weighted by atomic mass is 9.55. The first-order valence-electron chi connectivity index (χ1n) is 34.1. The molecule has 0 saturated heterocycles. The van der Waals surface area contributed by atoms with Crippen molar-refractivity contribution in [3.05, 3.63) is 59.7 Å². The Balaban J connectivity index is 0.511. The van der Waals surface area contributed by atoms with E-state index >= 15 is 0 Å². The second kappa shape index (κ2) is 22.0. The first kappa shape index (κ1) is 51.4. The Bertz CT molecular complexity index is 1950. The van der Waals surface area contributed by atoms with Crippen molar-refractivity contribution in [3.8, 4) is 11.1 Å². The molecule has 0 aliphatic heterocycles. The highest BCUT2D eigenvalue weighted by Gasteiger charge is 2.64. The van der Waals surface area contributed by atoms with Gasteiger partial charge >= 0.3 is 0 Å². The number of benzene rings is 2. The molecule has 16 saturated carbocycles. The second-order valence-corrected chi connectivity index (χ2v) is 37.8. The lowest BCUT2D eigenvalue weighted by Gasteiger charge is -2.67. The molecule has 0 unspecified atom stereocenters. The van der Waals surface area contributed by atoms with Gasteiger partial charge in [0.2, 0.25) is 0 Å². The molecule has 0 amide bonds. The van der Waals surface area contributed by atoms with E-state index in [-0.39, 0.29) is 15.8 Å². The standard InChI is InChI=1S/C72H108P2/c1(3-7-11-18-26-73(69-41-53-28-54(42-69)30-55(29-53)43-69)70-44-56-31-57(45-70)33-58(32-56)46-70)5-9-14-22-66-24-25-68(65-20-16-13-17-21-65)40-67(66)23-15-10-6-2-4-8-12-19-27-74(71-47-59-34-60(48-71)36-61(35-59)49-71)72-50-62-37-63(51-72)39-64(38-62)52-72/h13,16-17,20-21,24-25,40,53-64H,1-12,14-15,18-19,22-23,26-39,41-52H2.